The summed E-state index contributed by atoms with van der Waals surface area (Å²) in [6.07, 6.45) is 2.43. The van der Waals surface area contributed by atoms with Crippen molar-refractivity contribution >= 4 is 33.2 Å². The van der Waals surface area contributed by atoms with Crippen molar-refractivity contribution in [2.45, 2.75) is 19.4 Å². The van der Waals surface area contributed by atoms with Gasteiger partial charge in [-0.3, -0.25) is 14.9 Å². The minimum Gasteiger partial charge on any atom is -0.273 e. The predicted octanol–water partition coefficient (Wildman–Crippen LogP) is 5.91. The number of amides is 1. The van der Waals surface area contributed by atoms with Gasteiger partial charge in [0.2, 0.25) is 5.91 Å². The summed E-state index contributed by atoms with van der Waals surface area (Å²) in [5.74, 6) is -0.174. The van der Waals surface area contributed by atoms with Gasteiger partial charge in [-0.15, -0.1) is 0 Å². The Labute approximate surface area is 209 Å². The third kappa shape index (κ3) is 4.50. The highest BCUT2D eigenvalue weighted by atomic mass is 79.9. The van der Waals surface area contributed by atoms with Crippen LogP contribution in [0.2, 0.25) is 0 Å². The van der Waals surface area contributed by atoms with Gasteiger partial charge < -0.3 is 0 Å². The van der Waals surface area contributed by atoms with Gasteiger partial charge in [0.15, 0.2) is 0 Å². The molecule has 35 heavy (non-hydrogen) atoms. The maximum atomic E-state index is 12.6. The van der Waals surface area contributed by atoms with Gasteiger partial charge in [-0.1, -0.05) is 46.3 Å². The number of carbonyl (C=O) groups is 1. The van der Waals surface area contributed by atoms with E-state index < -0.39 is 4.92 Å². The molecule has 1 aromatic heterocycles. The van der Waals surface area contributed by atoms with Crippen LogP contribution in [-0.4, -0.2) is 31.3 Å². The molecule has 0 spiro atoms. The number of aromatic nitrogens is 2. The van der Waals surface area contributed by atoms with Crippen molar-refractivity contribution in [3.8, 4) is 16.9 Å². The first-order valence-corrected chi connectivity index (χ1v) is 11.7. The van der Waals surface area contributed by atoms with E-state index in [1.807, 2.05) is 60.8 Å². The highest BCUT2D eigenvalue weighted by Crippen LogP contribution is 2.38. The first kappa shape index (κ1) is 22.7. The lowest BCUT2D eigenvalue weighted by Crippen LogP contribution is -2.24. The summed E-state index contributed by atoms with van der Waals surface area (Å²) in [6, 6.07) is 23.4. The number of benzene rings is 3. The van der Waals surface area contributed by atoms with E-state index in [0.717, 1.165) is 32.6 Å². The van der Waals surface area contributed by atoms with E-state index in [2.05, 4.69) is 21.0 Å². The lowest BCUT2D eigenvalue weighted by Gasteiger charge is -2.20. The van der Waals surface area contributed by atoms with Crippen molar-refractivity contribution in [3.63, 3.8) is 0 Å². The Morgan fingerprint density at radius 2 is 1.69 bits per heavy atom. The first-order chi connectivity index (χ1) is 16.9. The number of hydrogen-bond acceptors (Lipinski definition) is 5. The smallest absolute Gasteiger partial charge is 0.269 e. The van der Waals surface area contributed by atoms with E-state index in [0.29, 0.717) is 12.1 Å². The molecular formula is C26H20BrN5O3. The van der Waals surface area contributed by atoms with Crippen LogP contribution in [0.25, 0.3) is 16.9 Å². The fourth-order valence-electron chi connectivity index (χ4n) is 4.17. The largest absolute Gasteiger partial charge is 0.273 e. The number of hydrogen-bond donors (Lipinski definition) is 0. The Balaban J connectivity index is 1.61. The Morgan fingerprint density at radius 3 is 2.31 bits per heavy atom. The van der Waals surface area contributed by atoms with Crippen LogP contribution in [0.5, 0.6) is 0 Å². The fraction of sp³-hybridized carbons (Fsp3) is 0.115. The van der Waals surface area contributed by atoms with Crippen LogP contribution in [0, 0.1) is 10.1 Å². The number of nitro groups is 1. The number of nitro benzene ring substituents is 1. The molecule has 1 unspecified atom stereocenters. The topological polar surface area (TPSA) is 93.6 Å². The number of rotatable bonds is 5. The number of non-ortho nitro benzene ring substituents is 1. The number of carbonyl (C=O) groups excluding carboxylic acids is 1. The molecule has 0 bridgehead atoms. The van der Waals surface area contributed by atoms with Crippen LogP contribution < -0.4 is 0 Å². The molecule has 0 radical (unpaired) electrons. The molecule has 1 aliphatic rings. The molecule has 2 heterocycles. The normalized spacial score (nSPS) is 15.2. The lowest BCUT2D eigenvalue weighted by molar-refractivity contribution is -0.384. The average molecular weight is 530 g/mol. The van der Waals surface area contributed by atoms with E-state index in [9.17, 15) is 14.9 Å². The van der Waals surface area contributed by atoms with Crippen LogP contribution in [0.3, 0.4) is 0 Å². The van der Waals surface area contributed by atoms with Crippen LogP contribution in [-0.2, 0) is 4.79 Å². The summed E-state index contributed by atoms with van der Waals surface area (Å²) in [7, 11) is 0. The monoisotopic (exact) mass is 529 g/mol. The Bertz CT molecular complexity index is 1430. The molecule has 0 aliphatic carbocycles. The molecule has 0 fully saturated rings. The summed E-state index contributed by atoms with van der Waals surface area (Å²) in [5.41, 5.74) is 4.80. The van der Waals surface area contributed by atoms with E-state index in [-0.39, 0.29) is 17.6 Å². The van der Waals surface area contributed by atoms with Crippen LogP contribution >= 0.6 is 15.9 Å². The Morgan fingerprint density at radius 1 is 1.00 bits per heavy atom. The minimum absolute atomic E-state index is 0.00330. The third-order valence-corrected chi connectivity index (χ3v) is 6.41. The van der Waals surface area contributed by atoms with E-state index in [4.69, 9.17) is 5.10 Å². The zero-order valence-corrected chi connectivity index (χ0v) is 20.3. The van der Waals surface area contributed by atoms with Crippen molar-refractivity contribution in [2.75, 3.05) is 0 Å². The second-order valence-electron chi connectivity index (χ2n) is 8.15. The van der Waals surface area contributed by atoms with Crippen molar-refractivity contribution < 1.29 is 9.72 Å². The van der Waals surface area contributed by atoms with Gasteiger partial charge in [-0.25, -0.2) is 9.69 Å². The second-order valence-corrected chi connectivity index (χ2v) is 9.07. The number of halogens is 1. The minimum atomic E-state index is -0.431. The van der Waals surface area contributed by atoms with Crippen LogP contribution in [0.1, 0.15) is 30.5 Å². The van der Waals surface area contributed by atoms with E-state index in [1.54, 1.807) is 16.8 Å². The molecule has 1 atom stereocenters. The van der Waals surface area contributed by atoms with Gasteiger partial charge >= 0.3 is 0 Å². The zero-order valence-electron chi connectivity index (χ0n) is 18.7. The van der Waals surface area contributed by atoms with Crippen LogP contribution in [0.4, 0.5) is 5.69 Å². The predicted molar refractivity (Wildman–Crippen MR) is 136 cm³/mol. The SMILES string of the molecule is CC(=O)N1N=C(c2ccccc2)CC1c1cn(-c2ccc(Br)cc2)nc1-c1ccc([N+](=O)[O-])cc1. The molecular weight excluding hydrogens is 510 g/mol. The van der Waals surface area contributed by atoms with Crippen molar-refractivity contribution in [1.29, 1.82) is 0 Å². The highest BCUT2D eigenvalue weighted by molar-refractivity contribution is 9.10. The zero-order chi connectivity index (χ0) is 24.5. The molecule has 1 aliphatic heterocycles. The highest BCUT2D eigenvalue weighted by Gasteiger charge is 2.34. The summed E-state index contributed by atoms with van der Waals surface area (Å²) < 4.78 is 2.71. The lowest BCUT2D eigenvalue weighted by atomic mass is 9.96. The van der Waals surface area contributed by atoms with Crippen molar-refractivity contribution in [3.05, 3.63) is 111 Å². The fourth-order valence-corrected chi connectivity index (χ4v) is 4.43. The molecule has 0 saturated carbocycles. The first-order valence-electron chi connectivity index (χ1n) is 10.9. The van der Waals surface area contributed by atoms with Crippen molar-refractivity contribution in [1.82, 2.24) is 14.8 Å². The number of nitrogens with zero attached hydrogens (tertiary/aromatic N) is 5. The Hall–Kier alpha value is -4.11. The summed E-state index contributed by atoms with van der Waals surface area (Å²) in [4.78, 5) is 23.3. The van der Waals surface area contributed by atoms with Gasteiger partial charge in [0.05, 0.1) is 28.1 Å². The van der Waals surface area contributed by atoms with E-state index in [1.165, 1.54) is 24.1 Å². The Kier molecular flexibility index (Phi) is 6.00. The molecule has 5 rings (SSSR count). The molecule has 0 N–H and O–H groups in total. The summed E-state index contributed by atoms with van der Waals surface area (Å²) in [5, 5.41) is 22.1. The van der Waals surface area contributed by atoms with E-state index >= 15 is 0 Å². The average Bonchev–Trinajstić information content (AvgIpc) is 3.50. The van der Waals surface area contributed by atoms with Gasteiger partial charge in [0.1, 0.15) is 0 Å². The van der Waals surface area contributed by atoms with Crippen LogP contribution in [0.15, 0.2) is 94.6 Å². The maximum Gasteiger partial charge on any atom is 0.269 e. The molecule has 0 saturated heterocycles. The molecule has 3 aromatic carbocycles. The molecule has 8 nitrogen and oxygen atoms in total. The molecule has 174 valence electrons. The summed E-state index contributed by atoms with van der Waals surface area (Å²) >= 11 is 3.46. The molecule has 1 amide bonds. The van der Waals surface area contributed by atoms with Gasteiger partial charge in [0, 0.05) is 47.3 Å². The quantitative estimate of drug-likeness (QED) is 0.237. The standard InChI is InChI=1S/C26H20BrN5O3/c1-17(33)31-25(15-24(28-31)18-5-3-2-4-6-18)23-16-30(21-13-9-20(27)10-14-21)29-26(23)19-7-11-22(12-8-19)32(34)35/h2-14,16,25H,15H2,1H3. The molecule has 9 heteroatoms. The van der Waals surface area contributed by atoms with Gasteiger partial charge in [0.25, 0.3) is 5.69 Å². The molecule has 4 aromatic rings. The summed E-state index contributed by atoms with van der Waals surface area (Å²) in [6.45, 7) is 1.50. The maximum absolute atomic E-state index is 12.6. The third-order valence-electron chi connectivity index (χ3n) is 5.88. The van der Waals surface area contributed by atoms with Crippen molar-refractivity contribution in [2.24, 2.45) is 5.10 Å². The van der Waals surface area contributed by atoms with Gasteiger partial charge in [-0.05, 0) is 42.0 Å². The second kappa shape index (κ2) is 9.27. The van der Waals surface area contributed by atoms with Gasteiger partial charge in [-0.2, -0.15) is 10.2 Å². The number of hydrazone groups is 1.